The van der Waals surface area contributed by atoms with Gasteiger partial charge in [-0.15, -0.1) is 23.5 Å². The minimum atomic E-state index is -4.11. The number of aliphatic hydroxyl groups is 2. The van der Waals surface area contributed by atoms with E-state index in [1.807, 2.05) is 0 Å². The van der Waals surface area contributed by atoms with Gasteiger partial charge in [-0.3, -0.25) is 0 Å². The van der Waals surface area contributed by atoms with Gasteiger partial charge in [0.05, 0.1) is 18.4 Å². The smallest absolute Gasteiger partial charge is 0.316 e. The Morgan fingerprint density at radius 3 is 2.30 bits per heavy atom. The highest BCUT2D eigenvalue weighted by Crippen LogP contribution is 2.40. The molecule has 0 bridgehead atoms. The second-order valence-corrected chi connectivity index (χ2v) is 11.3. The van der Waals surface area contributed by atoms with Crippen LogP contribution in [-0.2, 0) is 12.1 Å². The average molecular weight is 566 g/mol. The van der Waals surface area contributed by atoms with Crippen molar-refractivity contribution in [1.82, 2.24) is 14.8 Å². The van der Waals surface area contributed by atoms with E-state index in [1.165, 1.54) is 41.6 Å². The highest BCUT2D eigenvalue weighted by Gasteiger charge is 2.42. The summed E-state index contributed by atoms with van der Waals surface area (Å²) in [5, 5.41) is 25.2. The summed E-state index contributed by atoms with van der Waals surface area (Å²) < 4.78 is 80.6. The summed E-state index contributed by atoms with van der Waals surface area (Å²) in [4.78, 5) is 4.16. The molecule has 0 spiro atoms. The van der Waals surface area contributed by atoms with Gasteiger partial charge in [-0.05, 0) is 23.8 Å². The summed E-state index contributed by atoms with van der Waals surface area (Å²) in [5.74, 6) is -6.93. The second kappa shape index (κ2) is 12.1. The van der Waals surface area contributed by atoms with Gasteiger partial charge in [0, 0.05) is 27.0 Å². The molecule has 2 N–H and O–H groups in total. The predicted molar refractivity (Wildman–Crippen MR) is 130 cm³/mol. The minimum Gasteiger partial charge on any atom is -0.387 e. The maximum absolute atomic E-state index is 14.7. The number of alkyl halides is 4. The van der Waals surface area contributed by atoms with Crippen LogP contribution < -0.4 is 0 Å². The van der Waals surface area contributed by atoms with Crippen molar-refractivity contribution in [3.63, 3.8) is 0 Å². The van der Waals surface area contributed by atoms with E-state index >= 15 is 0 Å². The third-order valence-electron chi connectivity index (χ3n) is 5.78. The normalized spacial score (nSPS) is 16.4. The molecule has 13 heteroatoms. The summed E-state index contributed by atoms with van der Waals surface area (Å²) in [6.07, 6.45) is -2.23. The molecule has 3 rings (SSSR count). The van der Waals surface area contributed by atoms with Crippen LogP contribution in [0.5, 0.6) is 0 Å². The SMILES string of the molecule is CC(S[C@H](C)[C@](O)(Cn1cncn1)c1ccc(F)cc1F)C(O)c1ccc(SCC(F)(F)C(F)F)cc1. The van der Waals surface area contributed by atoms with Crippen molar-refractivity contribution in [3.8, 4) is 0 Å². The number of hydrogen-bond acceptors (Lipinski definition) is 6. The largest absolute Gasteiger partial charge is 0.387 e. The quantitative estimate of drug-likeness (QED) is 0.218. The first-order valence-electron chi connectivity index (χ1n) is 11.1. The van der Waals surface area contributed by atoms with Crippen LogP contribution in [0.2, 0.25) is 0 Å². The number of hydrogen-bond donors (Lipinski definition) is 2. The first-order valence-corrected chi connectivity index (χ1v) is 13.0. The highest BCUT2D eigenvalue weighted by molar-refractivity contribution is 8.00. The average Bonchev–Trinajstić information content (AvgIpc) is 3.35. The molecule has 0 fully saturated rings. The first-order chi connectivity index (χ1) is 17.3. The molecular formula is C24H25F6N3O2S2. The van der Waals surface area contributed by atoms with E-state index in [1.54, 1.807) is 13.8 Å². The van der Waals surface area contributed by atoms with E-state index in [9.17, 15) is 36.6 Å². The van der Waals surface area contributed by atoms with Gasteiger partial charge < -0.3 is 10.2 Å². The van der Waals surface area contributed by atoms with E-state index in [0.29, 0.717) is 28.3 Å². The predicted octanol–water partition coefficient (Wildman–Crippen LogP) is 5.68. The molecule has 2 aromatic carbocycles. The lowest BCUT2D eigenvalue weighted by atomic mass is 9.90. The van der Waals surface area contributed by atoms with Gasteiger partial charge >= 0.3 is 12.3 Å². The molecule has 0 amide bonds. The van der Waals surface area contributed by atoms with Crippen LogP contribution in [0.4, 0.5) is 26.3 Å². The Morgan fingerprint density at radius 1 is 1.05 bits per heavy atom. The Balaban J connectivity index is 1.74. The highest BCUT2D eigenvalue weighted by atomic mass is 32.2. The summed E-state index contributed by atoms with van der Waals surface area (Å²) in [6, 6.07) is 8.76. The molecule has 1 aromatic heterocycles. The van der Waals surface area contributed by atoms with Crippen LogP contribution in [0.15, 0.2) is 60.0 Å². The van der Waals surface area contributed by atoms with Gasteiger partial charge in [0.1, 0.15) is 29.9 Å². The molecule has 0 radical (unpaired) electrons. The molecule has 37 heavy (non-hydrogen) atoms. The molecule has 0 aliphatic heterocycles. The zero-order valence-corrected chi connectivity index (χ0v) is 21.4. The fraction of sp³-hybridized carbons (Fsp3) is 0.417. The van der Waals surface area contributed by atoms with Crippen LogP contribution >= 0.6 is 23.5 Å². The maximum Gasteiger partial charge on any atom is 0.316 e. The topological polar surface area (TPSA) is 71.2 Å². The number of thioether (sulfide) groups is 2. The van der Waals surface area contributed by atoms with Crippen molar-refractivity contribution >= 4 is 23.5 Å². The number of aliphatic hydroxyl groups excluding tert-OH is 1. The fourth-order valence-corrected chi connectivity index (χ4v) is 5.81. The molecule has 0 saturated carbocycles. The van der Waals surface area contributed by atoms with Gasteiger partial charge in [-0.25, -0.2) is 27.2 Å². The third kappa shape index (κ3) is 7.21. The van der Waals surface area contributed by atoms with E-state index < -0.39 is 51.9 Å². The molecule has 4 atom stereocenters. The first kappa shape index (κ1) is 29.3. The van der Waals surface area contributed by atoms with Gasteiger partial charge in [-0.2, -0.15) is 13.9 Å². The van der Waals surface area contributed by atoms with Gasteiger partial charge in [0.2, 0.25) is 0 Å². The lowest BCUT2D eigenvalue weighted by Gasteiger charge is -2.36. The summed E-state index contributed by atoms with van der Waals surface area (Å²) in [5.41, 5.74) is -1.57. The number of nitrogens with zero attached hydrogens (tertiary/aromatic N) is 3. The van der Waals surface area contributed by atoms with E-state index in [4.69, 9.17) is 0 Å². The molecular weight excluding hydrogens is 540 g/mol. The standard InChI is InChI=1S/C24H25F6N3O2S2/c1-14(21(34)16-3-6-18(7-4-16)36-11-24(29,30)22(27)28)37-15(2)23(35,10-33-13-31-12-32-33)19-8-5-17(25)9-20(19)26/h3-9,12-15,21-22,34-35H,10-11H2,1-2H3/t14?,15-,21?,23-/m1/s1. The molecule has 5 nitrogen and oxygen atoms in total. The Labute approximate surface area is 218 Å². The summed E-state index contributed by atoms with van der Waals surface area (Å²) in [6.45, 7) is 3.13. The zero-order valence-electron chi connectivity index (χ0n) is 19.7. The van der Waals surface area contributed by atoms with Crippen LogP contribution in [-0.4, -0.2) is 53.6 Å². The fourth-order valence-electron chi connectivity index (χ4n) is 3.62. The Kier molecular flexibility index (Phi) is 9.59. The minimum absolute atomic E-state index is 0.145. The Hall–Kier alpha value is -2.22. The number of aromatic nitrogens is 3. The Morgan fingerprint density at radius 2 is 1.73 bits per heavy atom. The summed E-state index contributed by atoms with van der Waals surface area (Å²) >= 11 is 1.73. The van der Waals surface area contributed by atoms with Crippen LogP contribution in [0.25, 0.3) is 0 Å². The van der Waals surface area contributed by atoms with Gasteiger partial charge in [0.25, 0.3) is 0 Å². The zero-order chi connectivity index (χ0) is 27.4. The summed E-state index contributed by atoms with van der Waals surface area (Å²) in [7, 11) is 0. The molecule has 2 unspecified atom stereocenters. The molecule has 0 aliphatic rings. The molecule has 0 aliphatic carbocycles. The molecule has 1 heterocycles. The number of benzene rings is 2. The van der Waals surface area contributed by atoms with Crippen LogP contribution in [0, 0.1) is 11.6 Å². The van der Waals surface area contributed by atoms with Gasteiger partial charge in [-0.1, -0.05) is 32.0 Å². The van der Waals surface area contributed by atoms with Crippen molar-refractivity contribution in [2.24, 2.45) is 0 Å². The van der Waals surface area contributed by atoms with Crippen LogP contribution in [0.3, 0.4) is 0 Å². The Bertz CT molecular complexity index is 1150. The molecule has 0 saturated heterocycles. The van der Waals surface area contributed by atoms with Gasteiger partial charge in [0.15, 0.2) is 0 Å². The van der Waals surface area contributed by atoms with Crippen molar-refractivity contribution in [2.75, 3.05) is 5.75 Å². The number of rotatable bonds is 12. The monoisotopic (exact) mass is 565 g/mol. The van der Waals surface area contributed by atoms with Crippen LogP contribution in [0.1, 0.15) is 31.1 Å². The van der Waals surface area contributed by atoms with Crippen molar-refractivity contribution in [1.29, 1.82) is 0 Å². The maximum atomic E-state index is 14.7. The third-order valence-corrected chi connectivity index (χ3v) is 8.40. The van der Waals surface area contributed by atoms with E-state index in [-0.39, 0.29) is 12.1 Å². The van der Waals surface area contributed by atoms with Crippen molar-refractivity contribution in [2.45, 2.75) is 59.8 Å². The van der Waals surface area contributed by atoms with Crippen molar-refractivity contribution < 1.29 is 36.6 Å². The van der Waals surface area contributed by atoms with E-state index in [0.717, 1.165) is 23.9 Å². The second-order valence-electron chi connectivity index (χ2n) is 8.49. The van der Waals surface area contributed by atoms with Crippen molar-refractivity contribution in [3.05, 3.63) is 77.9 Å². The number of halogens is 6. The lowest BCUT2D eigenvalue weighted by Crippen LogP contribution is -2.42. The van der Waals surface area contributed by atoms with E-state index in [2.05, 4.69) is 10.1 Å². The molecule has 202 valence electrons. The molecule has 3 aromatic rings. The lowest BCUT2D eigenvalue weighted by molar-refractivity contribution is -0.109.